The van der Waals surface area contributed by atoms with Gasteiger partial charge in [0.05, 0.1) is 30.8 Å². The number of sulfonamides is 1. The molecule has 1 aromatic rings. The number of nitrogens with zero attached hydrogens (tertiary/aromatic N) is 2. The van der Waals surface area contributed by atoms with Gasteiger partial charge < -0.3 is 10.1 Å². The lowest BCUT2D eigenvalue weighted by Crippen LogP contribution is -2.19. The van der Waals surface area contributed by atoms with E-state index in [9.17, 15) is 8.42 Å². The fourth-order valence-corrected chi connectivity index (χ4v) is 2.82. The first-order valence-electron chi connectivity index (χ1n) is 6.80. The summed E-state index contributed by atoms with van der Waals surface area (Å²) in [4.78, 5) is 0. The Balaban J connectivity index is 2.35. The number of ether oxygens (including phenoxy) is 1. The molecule has 0 unspecified atom stereocenters. The third-order valence-corrected chi connectivity index (χ3v) is 4.07. The smallest absolute Gasteiger partial charge is 0.232 e. The molecule has 0 saturated carbocycles. The number of unbranched alkanes of at least 4 members (excludes halogenated alkanes) is 1. The van der Waals surface area contributed by atoms with Crippen LogP contribution < -0.4 is 10.0 Å². The largest absolute Gasteiger partial charge is 0.383 e. The summed E-state index contributed by atoms with van der Waals surface area (Å²) in [6.45, 7) is 4.92. The van der Waals surface area contributed by atoms with Crippen molar-refractivity contribution >= 4 is 15.7 Å². The molecule has 7 nitrogen and oxygen atoms in total. The van der Waals surface area contributed by atoms with Crippen molar-refractivity contribution in [3.63, 3.8) is 0 Å². The number of hydrogen-bond donors (Lipinski definition) is 2. The molecular weight excluding hydrogens is 280 g/mol. The Morgan fingerprint density at radius 3 is 2.90 bits per heavy atom. The Morgan fingerprint density at radius 1 is 1.40 bits per heavy atom. The molecule has 1 rings (SSSR count). The number of hydrogen-bond acceptors (Lipinski definition) is 5. The van der Waals surface area contributed by atoms with E-state index in [2.05, 4.69) is 15.1 Å². The van der Waals surface area contributed by atoms with Crippen LogP contribution in [0.25, 0.3) is 0 Å². The molecule has 0 radical (unpaired) electrons. The number of aromatic nitrogens is 2. The van der Waals surface area contributed by atoms with Crippen molar-refractivity contribution in [2.45, 2.75) is 26.3 Å². The molecule has 0 aromatic carbocycles. The van der Waals surface area contributed by atoms with Gasteiger partial charge in [0.2, 0.25) is 10.0 Å². The third kappa shape index (κ3) is 6.88. The van der Waals surface area contributed by atoms with E-state index in [0.29, 0.717) is 25.3 Å². The maximum atomic E-state index is 11.9. The van der Waals surface area contributed by atoms with Crippen LogP contribution in [0.5, 0.6) is 0 Å². The fourth-order valence-electron chi connectivity index (χ4n) is 1.67. The standard InChI is InChI=1S/C12H24N4O3S/c1-3-13-6-4-5-9-20(17,18)15-12-10-14-16(11-12)7-8-19-2/h10-11,13,15H,3-9H2,1-2H3. The molecule has 1 aromatic heterocycles. The summed E-state index contributed by atoms with van der Waals surface area (Å²) in [5.41, 5.74) is 0.493. The van der Waals surface area contributed by atoms with E-state index in [1.54, 1.807) is 18.0 Å². The molecule has 1 heterocycles. The lowest BCUT2D eigenvalue weighted by atomic mass is 10.3. The highest BCUT2D eigenvalue weighted by atomic mass is 32.2. The summed E-state index contributed by atoms with van der Waals surface area (Å²) in [5.74, 6) is 0.127. The second-order valence-corrected chi connectivity index (χ2v) is 6.31. The van der Waals surface area contributed by atoms with Crippen LogP contribution in [0.1, 0.15) is 19.8 Å². The molecule has 20 heavy (non-hydrogen) atoms. The van der Waals surface area contributed by atoms with Crippen LogP contribution in [-0.2, 0) is 21.3 Å². The minimum atomic E-state index is -3.29. The molecule has 0 amide bonds. The predicted octanol–water partition coefficient (Wildman–Crippen LogP) is 0.661. The van der Waals surface area contributed by atoms with E-state index in [4.69, 9.17) is 4.74 Å². The number of anilines is 1. The van der Waals surface area contributed by atoms with Crippen molar-refractivity contribution in [3.8, 4) is 0 Å². The Kier molecular flexibility index (Phi) is 7.56. The molecule has 0 aliphatic carbocycles. The zero-order chi connectivity index (χ0) is 14.8. The quantitative estimate of drug-likeness (QED) is 0.587. The van der Waals surface area contributed by atoms with Gasteiger partial charge in [-0.15, -0.1) is 0 Å². The van der Waals surface area contributed by atoms with Crippen molar-refractivity contribution in [1.29, 1.82) is 0 Å². The molecule has 0 fully saturated rings. The van der Waals surface area contributed by atoms with Crippen molar-refractivity contribution in [1.82, 2.24) is 15.1 Å². The van der Waals surface area contributed by atoms with E-state index >= 15 is 0 Å². The summed E-state index contributed by atoms with van der Waals surface area (Å²) in [6.07, 6.45) is 4.66. The van der Waals surface area contributed by atoms with Gasteiger partial charge in [0.15, 0.2) is 0 Å². The molecule has 0 bridgehead atoms. The lowest BCUT2D eigenvalue weighted by molar-refractivity contribution is 0.183. The van der Waals surface area contributed by atoms with E-state index in [0.717, 1.165) is 19.5 Å². The van der Waals surface area contributed by atoms with Crippen molar-refractivity contribution in [2.75, 3.05) is 37.3 Å². The van der Waals surface area contributed by atoms with Crippen LogP contribution in [-0.4, -0.2) is 50.8 Å². The third-order valence-electron chi connectivity index (χ3n) is 2.70. The van der Waals surface area contributed by atoms with Crippen molar-refractivity contribution < 1.29 is 13.2 Å². The van der Waals surface area contributed by atoms with Gasteiger partial charge in [0, 0.05) is 13.3 Å². The topological polar surface area (TPSA) is 85.3 Å². The number of nitrogens with one attached hydrogen (secondary N) is 2. The molecule has 0 aliphatic rings. The van der Waals surface area contributed by atoms with Gasteiger partial charge in [-0.2, -0.15) is 5.10 Å². The van der Waals surface area contributed by atoms with Crippen molar-refractivity contribution in [2.24, 2.45) is 0 Å². The molecular formula is C12H24N4O3S. The van der Waals surface area contributed by atoms with Gasteiger partial charge in [-0.1, -0.05) is 6.92 Å². The van der Waals surface area contributed by atoms with Crippen LogP contribution >= 0.6 is 0 Å². The SMILES string of the molecule is CCNCCCCS(=O)(=O)Nc1cnn(CCOC)c1. The summed E-state index contributed by atoms with van der Waals surface area (Å²) in [5, 5.41) is 7.23. The Labute approximate surface area is 120 Å². The zero-order valence-electron chi connectivity index (χ0n) is 12.1. The maximum Gasteiger partial charge on any atom is 0.232 e. The average molecular weight is 304 g/mol. The molecule has 0 aliphatic heterocycles. The first-order chi connectivity index (χ1) is 9.57. The molecule has 8 heteroatoms. The number of methoxy groups -OCH3 is 1. The van der Waals surface area contributed by atoms with E-state index in [-0.39, 0.29) is 5.75 Å². The first kappa shape index (κ1) is 16.9. The molecule has 0 spiro atoms. The Morgan fingerprint density at radius 2 is 2.20 bits per heavy atom. The zero-order valence-corrected chi connectivity index (χ0v) is 12.9. The summed E-state index contributed by atoms with van der Waals surface area (Å²) in [6, 6.07) is 0. The van der Waals surface area contributed by atoms with Crippen LogP contribution in [0.4, 0.5) is 5.69 Å². The summed E-state index contributed by atoms with van der Waals surface area (Å²) >= 11 is 0. The molecule has 0 saturated heterocycles. The van der Waals surface area contributed by atoms with Gasteiger partial charge in [-0.3, -0.25) is 9.40 Å². The van der Waals surface area contributed by atoms with E-state index in [1.165, 1.54) is 6.20 Å². The monoisotopic (exact) mass is 304 g/mol. The normalized spacial score (nSPS) is 11.7. The fraction of sp³-hybridized carbons (Fsp3) is 0.750. The maximum absolute atomic E-state index is 11.9. The molecule has 116 valence electrons. The first-order valence-corrected chi connectivity index (χ1v) is 8.45. The minimum absolute atomic E-state index is 0.127. The second kappa shape index (κ2) is 8.93. The lowest BCUT2D eigenvalue weighted by Gasteiger charge is -2.06. The van der Waals surface area contributed by atoms with Crippen molar-refractivity contribution in [3.05, 3.63) is 12.4 Å². The highest BCUT2D eigenvalue weighted by molar-refractivity contribution is 7.92. The van der Waals surface area contributed by atoms with Gasteiger partial charge in [-0.25, -0.2) is 8.42 Å². The second-order valence-electron chi connectivity index (χ2n) is 4.47. The van der Waals surface area contributed by atoms with Crippen LogP contribution in [0.15, 0.2) is 12.4 Å². The van der Waals surface area contributed by atoms with Gasteiger partial charge >= 0.3 is 0 Å². The number of rotatable bonds is 11. The predicted molar refractivity (Wildman–Crippen MR) is 79.3 cm³/mol. The minimum Gasteiger partial charge on any atom is -0.383 e. The van der Waals surface area contributed by atoms with Gasteiger partial charge in [0.25, 0.3) is 0 Å². The average Bonchev–Trinajstić information content (AvgIpc) is 2.82. The van der Waals surface area contributed by atoms with Crippen LogP contribution in [0, 0.1) is 0 Å². The van der Waals surface area contributed by atoms with Gasteiger partial charge in [-0.05, 0) is 25.9 Å². The Bertz CT molecular complexity index is 473. The van der Waals surface area contributed by atoms with Crippen LogP contribution in [0.3, 0.4) is 0 Å². The van der Waals surface area contributed by atoms with E-state index in [1.807, 2.05) is 6.92 Å². The summed E-state index contributed by atoms with van der Waals surface area (Å²) < 4.78 is 32.8. The highest BCUT2D eigenvalue weighted by Gasteiger charge is 2.11. The summed E-state index contributed by atoms with van der Waals surface area (Å²) in [7, 11) is -1.68. The molecule has 0 atom stereocenters. The Hall–Kier alpha value is -1.12. The van der Waals surface area contributed by atoms with Crippen LogP contribution in [0.2, 0.25) is 0 Å². The van der Waals surface area contributed by atoms with Gasteiger partial charge in [0.1, 0.15) is 0 Å². The molecule has 2 N–H and O–H groups in total. The highest BCUT2D eigenvalue weighted by Crippen LogP contribution is 2.08. The van der Waals surface area contributed by atoms with E-state index < -0.39 is 10.0 Å².